The van der Waals surface area contributed by atoms with Crippen molar-refractivity contribution in [2.24, 2.45) is 0 Å². The molecule has 1 unspecified atom stereocenters. The summed E-state index contributed by atoms with van der Waals surface area (Å²) in [7, 11) is 5.30. The first-order chi connectivity index (χ1) is 17.8. The average Bonchev–Trinajstić information content (AvgIpc) is 3.13. The number of aliphatic hydroxyl groups excluding tert-OH is 1. The van der Waals surface area contributed by atoms with Gasteiger partial charge in [-0.25, -0.2) is 0 Å². The molecule has 1 saturated heterocycles. The van der Waals surface area contributed by atoms with Crippen molar-refractivity contribution in [2.45, 2.75) is 39.2 Å². The molecule has 0 radical (unpaired) electrons. The molecule has 1 aliphatic heterocycles. The summed E-state index contributed by atoms with van der Waals surface area (Å²) in [6, 6.07) is 17.8. The van der Waals surface area contributed by atoms with Gasteiger partial charge in [-0.1, -0.05) is 56.6 Å². The Labute approximate surface area is 229 Å². The third kappa shape index (κ3) is 4.88. The van der Waals surface area contributed by atoms with Gasteiger partial charge in [0.2, 0.25) is 0 Å². The monoisotopic (exact) mass is 532 g/mol. The Hall–Kier alpha value is -3.77. The van der Waals surface area contributed by atoms with E-state index in [4.69, 9.17) is 16.3 Å². The number of amides is 1. The van der Waals surface area contributed by atoms with E-state index < -0.39 is 17.7 Å². The van der Waals surface area contributed by atoms with Crippen LogP contribution in [0.15, 0.2) is 66.2 Å². The summed E-state index contributed by atoms with van der Waals surface area (Å²) in [5, 5.41) is 11.9. The van der Waals surface area contributed by atoms with Crippen LogP contribution in [-0.4, -0.2) is 38.0 Å². The smallest absolute Gasteiger partial charge is 0.300 e. The molecule has 4 rings (SSSR count). The number of aryl methyl sites for hydroxylation is 1. The van der Waals surface area contributed by atoms with Crippen molar-refractivity contribution in [1.82, 2.24) is 0 Å². The lowest BCUT2D eigenvalue weighted by Gasteiger charge is -2.27. The van der Waals surface area contributed by atoms with Crippen molar-refractivity contribution in [3.8, 4) is 5.75 Å². The molecular weight excluding hydrogens is 500 g/mol. The highest BCUT2D eigenvalue weighted by atomic mass is 35.5. The van der Waals surface area contributed by atoms with Gasteiger partial charge in [0.15, 0.2) is 0 Å². The predicted octanol–water partition coefficient (Wildman–Crippen LogP) is 6.65. The molecule has 0 spiro atoms. The molecule has 1 N–H and O–H groups in total. The van der Waals surface area contributed by atoms with Crippen molar-refractivity contribution in [1.29, 1.82) is 0 Å². The third-order valence-electron chi connectivity index (χ3n) is 6.83. The predicted molar refractivity (Wildman–Crippen MR) is 153 cm³/mol. The first-order valence-electron chi connectivity index (χ1n) is 12.4. The summed E-state index contributed by atoms with van der Waals surface area (Å²) in [4.78, 5) is 30.5. The van der Waals surface area contributed by atoms with Gasteiger partial charge in [-0.15, -0.1) is 0 Å². The lowest BCUT2D eigenvalue weighted by molar-refractivity contribution is -0.132. The Kier molecular flexibility index (Phi) is 7.31. The number of ether oxygens (including phenoxy) is 1. The Morgan fingerprint density at radius 2 is 1.61 bits per heavy atom. The van der Waals surface area contributed by atoms with E-state index in [2.05, 4.69) is 20.8 Å². The highest BCUT2D eigenvalue weighted by Gasteiger charge is 2.47. The molecule has 0 aromatic heterocycles. The van der Waals surface area contributed by atoms with Gasteiger partial charge < -0.3 is 14.7 Å². The topological polar surface area (TPSA) is 70.1 Å². The Balaban J connectivity index is 1.97. The van der Waals surface area contributed by atoms with Crippen LogP contribution in [-0.2, 0) is 15.0 Å². The molecular formula is C31H33ClN2O4. The fourth-order valence-electron chi connectivity index (χ4n) is 4.75. The van der Waals surface area contributed by atoms with Gasteiger partial charge in [-0.2, -0.15) is 0 Å². The highest BCUT2D eigenvalue weighted by molar-refractivity contribution is 6.51. The molecule has 1 aliphatic rings. The molecule has 1 atom stereocenters. The number of ketones is 1. The number of carbonyl (C=O) groups excluding carboxylic acids is 2. The van der Waals surface area contributed by atoms with Crippen molar-refractivity contribution >= 4 is 40.4 Å². The number of Topliss-reactive ketones (excluding diaryl/α,β-unsaturated/α-hetero) is 1. The molecule has 3 aromatic rings. The van der Waals surface area contributed by atoms with Gasteiger partial charge in [0.05, 0.1) is 29.3 Å². The second-order valence-electron chi connectivity index (χ2n) is 10.8. The first kappa shape index (κ1) is 27.3. The van der Waals surface area contributed by atoms with Gasteiger partial charge in [0.1, 0.15) is 11.5 Å². The number of anilines is 2. The zero-order chi connectivity index (χ0) is 27.9. The molecule has 3 aromatic carbocycles. The summed E-state index contributed by atoms with van der Waals surface area (Å²) in [6.07, 6.45) is 0. The van der Waals surface area contributed by atoms with Crippen LogP contribution in [0, 0.1) is 6.92 Å². The van der Waals surface area contributed by atoms with Crippen LogP contribution < -0.4 is 14.5 Å². The second kappa shape index (κ2) is 10.2. The number of benzene rings is 3. The van der Waals surface area contributed by atoms with Crippen LogP contribution in [0.3, 0.4) is 0 Å². The Morgan fingerprint density at radius 3 is 2.13 bits per heavy atom. The van der Waals surface area contributed by atoms with E-state index in [0.29, 0.717) is 16.3 Å². The summed E-state index contributed by atoms with van der Waals surface area (Å²) in [5.41, 5.74) is 4.26. The molecule has 6 nitrogen and oxygen atoms in total. The van der Waals surface area contributed by atoms with E-state index in [1.165, 1.54) is 12.0 Å². The van der Waals surface area contributed by atoms with Crippen molar-refractivity contribution in [3.05, 3.63) is 93.5 Å². The molecule has 1 heterocycles. The lowest BCUT2D eigenvalue weighted by atomic mass is 9.85. The van der Waals surface area contributed by atoms with E-state index in [-0.39, 0.29) is 28.1 Å². The molecule has 38 heavy (non-hydrogen) atoms. The molecule has 7 heteroatoms. The minimum atomic E-state index is -0.849. The number of rotatable bonds is 5. The van der Waals surface area contributed by atoms with Crippen LogP contribution in [0.25, 0.3) is 5.76 Å². The maximum Gasteiger partial charge on any atom is 0.300 e. The van der Waals surface area contributed by atoms with E-state index >= 15 is 0 Å². The zero-order valence-corrected chi connectivity index (χ0v) is 23.6. The minimum Gasteiger partial charge on any atom is -0.507 e. The zero-order valence-electron chi connectivity index (χ0n) is 22.8. The average molecular weight is 533 g/mol. The Morgan fingerprint density at radius 1 is 1.00 bits per heavy atom. The van der Waals surface area contributed by atoms with Gasteiger partial charge in [-0.05, 0) is 65.4 Å². The second-order valence-corrected chi connectivity index (χ2v) is 11.2. The number of carbonyl (C=O) groups is 2. The van der Waals surface area contributed by atoms with Gasteiger partial charge in [-0.3, -0.25) is 14.5 Å². The molecule has 0 aliphatic carbocycles. The minimum absolute atomic E-state index is 0.0184. The first-order valence-corrected chi connectivity index (χ1v) is 12.8. The van der Waals surface area contributed by atoms with E-state index in [0.717, 1.165) is 16.8 Å². The number of nitrogens with zero attached hydrogens (tertiary/aromatic N) is 2. The third-order valence-corrected chi connectivity index (χ3v) is 7.11. The lowest BCUT2D eigenvalue weighted by Crippen LogP contribution is -2.29. The SMILES string of the molecule is COc1c(Cl)cc(C)cc1/C(O)=C1\C(=O)C(=O)N(c2ccc(N(C)C)cc2)C1c1ccc(C(C)(C)C)cc1. The maximum atomic E-state index is 13.6. The fraction of sp³-hybridized carbons (Fsp3) is 0.290. The van der Waals surface area contributed by atoms with Crippen LogP contribution in [0.2, 0.25) is 5.02 Å². The molecule has 1 amide bonds. The number of hydrogen-bond acceptors (Lipinski definition) is 5. The van der Waals surface area contributed by atoms with Crippen LogP contribution >= 0.6 is 11.6 Å². The van der Waals surface area contributed by atoms with Crippen LogP contribution in [0.1, 0.15) is 49.1 Å². The van der Waals surface area contributed by atoms with E-state index in [9.17, 15) is 14.7 Å². The molecule has 0 saturated carbocycles. The normalized spacial score (nSPS) is 17.2. The summed E-state index contributed by atoms with van der Waals surface area (Å²) >= 11 is 6.40. The van der Waals surface area contributed by atoms with E-state index in [1.807, 2.05) is 62.3 Å². The number of hydrogen-bond donors (Lipinski definition) is 1. The largest absolute Gasteiger partial charge is 0.507 e. The van der Waals surface area contributed by atoms with Gasteiger partial charge in [0.25, 0.3) is 11.7 Å². The fourth-order valence-corrected chi connectivity index (χ4v) is 5.10. The van der Waals surface area contributed by atoms with Crippen LogP contribution in [0.4, 0.5) is 11.4 Å². The molecule has 0 bridgehead atoms. The Bertz CT molecular complexity index is 1420. The van der Waals surface area contributed by atoms with Crippen LogP contribution in [0.5, 0.6) is 5.75 Å². The van der Waals surface area contributed by atoms with Gasteiger partial charge in [0, 0.05) is 25.5 Å². The number of aliphatic hydroxyl groups is 1. The van der Waals surface area contributed by atoms with Crippen molar-refractivity contribution in [3.63, 3.8) is 0 Å². The number of halogens is 1. The maximum absolute atomic E-state index is 13.6. The molecule has 1 fully saturated rings. The standard InChI is InChI=1S/C31H33ClN2O4/c1-18-16-23(29(38-7)24(32)17-18)27(35)25-26(19-8-10-20(11-9-19)31(2,3)4)34(30(37)28(25)36)22-14-12-21(13-15-22)33(5)6/h8-17,26,35H,1-7H3/b27-25+. The number of methoxy groups -OCH3 is 1. The van der Waals surface area contributed by atoms with Crippen molar-refractivity contribution in [2.75, 3.05) is 31.0 Å². The quantitative estimate of drug-likeness (QED) is 0.226. The van der Waals surface area contributed by atoms with E-state index in [1.54, 1.807) is 24.3 Å². The molecule has 198 valence electrons. The summed E-state index contributed by atoms with van der Waals surface area (Å²) in [5.74, 6) is -1.59. The highest BCUT2D eigenvalue weighted by Crippen LogP contribution is 2.45. The van der Waals surface area contributed by atoms with Crippen molar-refractivity contribution < 1.29 is 19.4 Å². The summed E-state index contributed by atoms with van der Waals surface area (Å²) < 4.78 is 5.47. The summed E-state index contributed by atoms with van der Waals surface area (Å²) in [6.45, 7) is 8.19. The van der Waals surface area contributed by atoms with Gasteiger partial charge >= 0.3 is 0 Å².